The van der Waals surface area contributed by atoms with Crippen LogP contribution in [0.5, 0.6) is 0 Å². The van der Waals surface area contributed by atoms with Gasteiger partial charge in [0.1, 0.15) is 0 Å². The summed E-state index contributed by atoms with van der Waals surface area (Å²) in [6.07, 6.45) is 6.81. The third-order valence-corrected chi connectivity index (χ3v) is 8.91. The molecule has 2 aliphatic heterocycles. The molecule has 0 aromatic rings. The van der Waals surface area contributed by atoms with Crippen LogP contribution in [0.2, 0.25) is 0 Å². The lowest BCUT2D eigenvalue weighted by molar-refractivity contribution is 0.289. The van der Waals surface area contributed by atoms with Crippen molar-refractivity contribution in [2.45, 2.75) is 43.8 Å². The van der Waals surface area contributed by atoms with E-state index in [1.54, 1.807) is 0 Å². The van der Waals surface area contributed by atoms with Gasteiger partial charge in [0.2, 0.25) is 0 Å². The molecule has 2 heterocycles. The number of hydrogen-bond acceptors (Lipinski definition) is 5. The molecule has 0 radical (unpaired) electrons. The number of halogens is 1. The van der Waals surface area contributed by atoms with E-state index in [4.69, 9.17) is 4.99 Å². The van der Waals surface area contributed by atoms with E-state index in [1.807, 2.05) is 0 Å². The van der Waals surface area contributed by atoms with Crippen LogP contribution in [-0.2, 0) is 9.84 Å². The standard InChI is InChI=1S/C18H34N4O2S2.HI/c1-2-19-17(20-8-9-21-11-14-26(23,24)15-12-21)22-10-13-25-18(16-22)6-4-3-5-7-18;/h2-16H2,1H3,(H,19,20);1H. The SMILES string of the molecule is CCNC(=NCCN1CCS(=O)(=O)CC1)N1CCSC2(CCCCC2)C1.I. The van der Waals surface area contributed by atoms with E-state index in [-0.39, 0.29) is 24.0 Å². The fraction of sp³-hybridized carbons (Fsp3) is 0.944. The Morgan fingerprint density at radius 1 is 1.15 bits per heavy atom. The fourth-order valence-electron chi connectivity index (χ4n) is 4.22. The molecular formula is C18H35IN4O2S2. The van der Waals surface area contributed by atoms with E-state index in [0.717, 1.165) is 38.7 Å². The van der Waals surface area contributed by atoms with Gasteiger partial charge in [-0.2, -0.15) is 11.8 Å². The summed E-state index contributed by atoms with van der Waals surface area (Å²) >= 11 is 2.18. The third-order valence-electron chi connectivity index (χ3n) is 5.76. The first-order valence-corrected chi connectivity index (χ1v) is 12.9. The van der Waals surface area contributed by atoms with Gasteiger partial charge in [0.15, 0.2) is 15.8 Å². The summed E-state index contributed by atoms with van der Waals surface area (Å²) in [5, 5.41) is 3.48. The molecule has 3 fully saturated rings. The molecule has 1 saturated carbocycles. The van der Waals surface area contributed by atoms with Crippen LogP contribution in [0.1, 0.15) is 39.0 Å². The first kappa shape index (κ1) is 23.5. The van der Waals surface area contributed by atoms with Crippen molar-refractivity contribution in [1.82, 2.24) is 15.1 Å². The van der Waals surface area contributed by atoms with Crippen molar-refractivity contribution in [3.63, 3.8) is 0 Å². The van der Waals surface area contributed by atoms with E-state index in [0.29, 0.717) is 29.3 Å². The molecule has 3 rings (SSSR count). The summed E-state index contributed by atoms with van der Waals surface area (Å²) in [7, 11) is -2.80. The number of nitrogens with zero attached hydrogens (tertiary/aromatic N) is 3. The highest BCUT2D eigenvalue weighted by atomic mass is 127. The molecule has 1 aliphatic carbocycles. The van der Waals surface area contributed by atoms with Gasteiger partial charge >= 0.3 is 0 Å². The lowest BCUT2D eigenvalue weighted by Crippen LogP contribution is -2.53. The average molecular weight is 531 g/mol. The summed E-state index contributed by atoms with van der Waals surface area (Å²) in [6.45, 7) is 8.08. The van der Waals surface area contributed by atoms with E-state index in [2.05, 4.69) is 33.8 Å². The van der Waals surface area contributed by atoms with E-state index >= 15 is 0 Å². The summed E-state index contributed by atoms with van der Waals surface area (Å²) in [5.41, 5.74) is 0. The fourth-order valence-corrected chi connectivity index (χ4v) is 7.07. The average Bonchev–Trinajstić information content (AvgIpc) is 2.63. The number of nitrogens with one attached hydrogen (secondary N) is 1. The zero-order chi connectivity index (χ0) is 18.5. The van der Waals surface area contributed by atoms with Crippen LogP contribution in [0.15, 0.2) is 4.99 Å². The van der Waals surface area contributed by atoms with Crippen molar-refractivity contribution in [3.05, 3.63) is 0 Å². The number of rotatable bonds is 4. The van der Waals surface area contributed by atoms with Gasteiger partial charge in [-0.05, 0) is 19.8 Å². The monoisotopic (exact) mass is 530 g/mol. The molecule has 0 aromatic carbocycles. The predicted octanol–water partition coefficient (Wildman–Crippen LogP) is 2.05. The first-order chi connectivity index (χ1) is 12.5. The maximum absolute atomic E-state index is 11.5. The van der Waals surface area contributed by atoms with Crippen molar-refractivity contribution in [2.24, 2.45) is 4.99 Å². The molecule has 158 valence electrons. The van der Waals surface area contributed by atoms with Gasteiger partial charge in [0, 0.05) is 49.8 Å². The third kappa shape index (κ3) is 6.92. The summed E-state index contributed by atoms with van der Waals surface area (Å²) in [4.78, 5) is 9.57. The summed E-state index contributed by atoms with van der Waals surface area (Å²) in [5.74, 6) is 2.82. The highest BCUT2D eigenvalue weighted by Crippen LogP contribution is 2.42. The second-order valence-electron chi connectivity index (χ2n) is 7.74. The lowest BCUT2D eigenvalue weighted by Gasteiger charge is -2.45. The molecular weight excluding hydrogens is 495 g/mol. The van der Waals surface area contributed by atoms with Crippen molar-refractivity contribution >= 4 is 51.5 Å². The molecule has 0 bridgehead atoms. The van der Waals surface area contributed by atoms with Gasteiger partial charge in [-0.25, -0.2) is 8.42 Å². The van der Waals surface area contributed by atoms with E-state index < -0.39 is 9.84 Å². The molecule has 1 spiro atoms. The Morgan fingerprint density at radius 3 is 2.52 bits per heavy atom. The second-order valence-corrected chi connectivity index (χ2v) is 11.6. The molecule has 0 aromatic heterocycles. The van der Waals surface area contributed by atoms with Crippen molar-refractivity contribution in [1.29, 1.82) is 0 Å². The molecule has 6 nitrogen and oxygen atoms in total. The minimum absolute atomic E-state index is 0. The number of aliphatic imine (C=N–C) groups is 1. The van der Waals surface area contributed by atoms with E-state index in [1.165, 1.54) is 37.9 Å². The largest absolute Gasteiger partial charge is 0.357 e. The summed E-state index contributed by atoms with van der Waals surface area (Å²) < 4.78 is 23.5. The molecule has 0 atom stereocenters. The molecule has 2 saturated heterocycles. The zero-order valence-corrected chi connectivity index (χ0v) is 20.5. The Labute approximate surface area is 186 Å². The number of guanidine groups is 1. The van der Waals surface area contributed by atoms with Crippen LogP contribution in [0.3, 0.4) is 0 Å². The van der Waals surface area contributed by atoms with Crippen LogP contribution in [0.4, 0.5) is 0 Å². The first-order valence-electron chi connectivity index (χ1n) is 10.1. The molecule has 0 amide bonds. The molecule has 3 aliphatic rings. The van der Waals surface area contributed by atoms with Crippen LogP contribution >= 0.6 is 35.7 Å². The number of sulfone groups is 1. The number of thioether (sulfide) groups is 1. The van der Waals surface area contributed by atoms with Crippen LogP contribution in [0.25, 0.3) is 0 Å². The highest BCUT2D eigenvalue weighted by molar-refractivity contribution is 14.0. The zero-order valence-electron chi connectivity index (χ0n) is 16.5. The van der Waals surface area contributed by atoms with Gasteiger partial charge in [0.25, 0.3) is 0 Å². The lowest BCUT2D eigenvalue weighted by atomic mass is 9.87. The predicted molar refractivity (Wildman–Crippen MR) is 126 cm³/mol. The molecule has 27 heavy (non-hydrogen) atoms. The maximum Gasteiger partial charge on any atom is 0.194 e. The normalized spacial score (nSPS) is 25.8. The molecule has 9 heteroatoms. The van der Waals surface area contributed by atoms with Gasteiger partial charge < -0.3 is 10.2 Å². The summed E-state index contributed by atoms with van der Waals surface area (Å²) in [6, 6.07) is 0. The maximum atomic E-state index is 11.5. The van der Waals surface area contributed by atoms with Crippen LogP contribution < -0.4 is 5.32 Å². The van der Waals surface area contributed by atoms with Gasteiger partial charge in [-0.3, -0.25) is 9.89 Å². The Hall–Kier alpha value is 0.260. The quantitative estimate of drug-likeness (QED) is 0.341. The minimum Gasteiger partial charge on any atom is -0.357 e. The number of hydrogen-bond donors (Lipinski definition) is 1. The Kier molecular flexibility index (Phi) is 9.48. The van der Waals surface area contributed by atoms with Crippen LogP contribution in [0, 0.1) is 0 Å². The molecule has 1 N–H and O–H groups in total. The smallest absolute Gasteiger partial charge is 0.194 e. The van der Waals surface area contributed by atoms with Crippen molar-refractivity contribution in [3.8, 4) is 0 Å². The van der Waals surface area contributed by atoms with Crippen molar-refractivity contribution < 1.29 is 8.42 Å². The Bertz CT molecular complexity index is 575. The van der Waals surface area contributed by atoms with Gasteiger partial charge in [-0.15, -0.1) is 24.0 Å². The minimum atomic E-state index is -2.80. The van der Waals surface area contributed by atoms with Gasteiger partial charge in [0.05, 0.1) is 18.1 Å². The van der Waals surface area contributed by atoms with Crippen molar-refractivity contribution in [2.75, 3.05) is 63.1 Å². The van der Waals surface area contributed by atoms with E-state index in [9.17, 15) is 8.42 Å². The molecule has 0 unspecified atom stereocenters. The Morgan fingerprint density at radius 2 is 1.85 bits per heavy atom. The second kappa shape index (κ2) is 10.9. The Balaban J connectivity index is 0.00000261. The van der Waals surface area contributed by atoms with Crippen LogP contribution in [-0.4, -0.2) is 92.0 Å². The highest BCUT2D eigenvalue weighted by Gasteiger charge is 2.38. The topological polar surface area (TPSA) is 65.0 Å². The van der Waals surface area contributed by atoms with Gasteiger partial charge in [-0.1, -0.05) is 19.3 Å².